The van der Waals surface area contributed by atoms with Crippen molar-refractivity contribution < 1.29 is 56.3 Å². The van der Waals surface area contributed by atoms with Crippen molar-refractivity contribution >= 4 is 54.2 Å². The van der Waals surface area contributed by atoms with Crippen molar-refractivity contribution in [2.75, 3.05) is 78.8 Å². The fourth-order valence-corrected chi connectivity index (χ4v) is 11.2. The largest absolute Gasteiger partial charge is 0.493 e. The topological polar surface area (TPSA) is 173 Å². The first-order valence-corrected chi connectivity index (χ1v) is 23.2. The number of anilines is 1. The number of benzene rings is 2. The number of hydrogen-bond acceptors (Lipinski definition) is 12. The lowest BCUT2D eigenvalue weighted by Gasteiger charge is -2.30. The van der Waals surface area contributed by atoms with Crippen LogP contribution in [0.4, 0.5) is 20.2 Å². The molecule has 18 heteroatoms. The van der Waals surface area contributed by atoms with Crippen molar-refractivity contribution in [2.24, 2.45) is 22.7 Å². The van der Waals surface area contributed by atoms with Gasteiger partial charge in [-0.05, 0) is 57.7 Å². The van der Waals surface area contributed by atoms with Gasteiger partial charge in [0.25, 0.3) is 11.8 Å². The summed E-state index contributed by atoms with van der Waals surface area (Å²) in [4.78, 5) is 70.5. The number of rotatable bonds is 19. The normalized spacial score (nSPS) is 24.5. The fourth-order valence-electron chi connectivity index (χ4n) is 9.08. The first-order chi connectivity index (χ1) is 29.7. The summed E-state index contributed by atoms with van der Waals surface area (Å²) >= 11 is 0. The van der Waals surface area contributed by atoms with Crippen LogP contribution >= 0.6 is 7.29 Å². The van der Waals surface area contributed by atoms with Gasteiger partial charge in [0.05, 0.1) is 33.1 Å². The summed E-state index contributed by atoms with van der Waals surface area (Å²) in [5, 5.41) is 3.31. The zero-order chi connectivity index (χ0) is 44.3. The number of imide groups is 1. The molecule has 7 atom stereocenters. The smallest absolute Gasteiger partial charge is 0.253 e. The maximum Gasteiger partial charge on any atom is 0.253 e. The number of ketones is 2. The number of nitrogens with one attached hydrogen (secondary N) is 1. The van der Waals surface area contributed by atoms with E-state index in [0.717, 1.165) is 4.90 Å². The maximum absolute atomic E-state index is 15.0. The van der Waals surface area contributed by atoms with Gasteiger partial charge in [-0.25, -0.2) is 8.78 Å². The van der Waals surface area contributed by atoms with E-state index >= 15 is 0 Å². The van der Waals surface area contributed by atoms with Gasteiger partial charge in [-0.2, -0.15) is 0 Å². The molecule has 5 aliphatic rings. The molecular formula is C44H54F2N5O10P. The van der Waals surface area contributed by atoms with Crippen LogP contribution in [0.1, 0.15) is 65.7 Å². The molecule has 3 aliphatic heterocycles. The highest BCUT2D eigenvalue weighted by atomic mass is 31.2. The van der Waals surface area contributed by atoms with Gasteiger partial charge in [0, 0.05) is 117 Å². The van der Waals surface area contributed by atoms with Gasteiger partial charge in [0.15, 0.2) is 41.9 Å². The minimum absolute atomic E-state index is 0.000311. The molecule has 1 N–H and O–H groups in total. The molecule has 3 amide bonds. The Morgan fingerprint density at radius 2 is 1.42 bits per heavy atom. The molecule has 62 heavy (non-hydrogen) atoms. The van der Waals surface area contributed by atoms with Gasteiger partial charge in [-0.1, -0.05) is 0 Å². The summed E-state index contributed by atoms with van der Waals surface area (Å²) in [6.07, 6.45) is 3.88. The van der Waals surface area contributed by atoms with E-state index in [-0.39, 0.29) is 99.4 Å². The van der Waals surface area contributed by atoms with E-state index in [0.29, 0.717) is 65.7 Å². The number of alkyl halides is 2. The van der Waals surface area contributed by atoms with Crippen molar-refractivity contribution in [3.05, 3.63) is 47.5 Å². The Balaban J connectivity index is 1.01. The van der Waals surface area contributed by atoms with Gasteiger partial charge < -0.3 is 33.7 Å². The Kier molecular flexibility index (Phi) is 13.8. The van der Waals surface area contributed by atoms with Gasteiger partial charge >= 0.3 is 0 Å². The molecule has 2 aliphatic carbocycles. The van der Waals surface area contributed by atoms with Crippen LogP contribution in [0.3, 0.4) is 0 Å². The average Bonchev–Trinajstić information content (AvgIpc) is 3.90. The molecule has 2 saturated carbocycles. The predicted molar refractivity (Wildman–Crippen MR) is 227 cm³/mol. The van der Waals surface area contributed by atoms with Crippen LogP contribution < -0.4 is 24.3 Å². The molecule has 0 radical (unpaired) electrons. The molecule has 0 spiro atoms. The zero-order valence-electron chi connectivity index (χ0n) is 35.5. The summed E-state index contributed by atoms with van der Waals surface area (Å²) in [6.45, 7) is 0.857. The summed E-state index contributed by atoms with van der Waals surface area (Å²) in [5.74, 6) is -1.26. The van der Waals surface area contributed by atoms with Gasteiger partial charge in [-0.15, -0.1) is 0 Å². The van der Waals surface area contributed by atoms with Crippen molar-refractivity contribution in [1.82, 2.24) is 14.5 Å². The van der Waals surface area contributed by atoms with E-state index < -0.39 is 43.3 Å². The van der Waals surface area contributed by atoms with Crippen molar-refractivity contribution in [3.8, 4) is 23.0 Å². The predicted octanol–water partition coefficient (Wildman–Crippen LogP) is 5.91. The van der Waals surface area contributed by atoms with Crippen LogP contribution in [0.25, 0.3) is 0 Å². The number of amides is 3. The second-order valence-corrected chi connectivity index (χ2v) is 19.9. The maximum atomic E-state index is 15.0. The van der Waals surface area contributed by atoms with Crippen LogP contribution in [-0.2, 0) is 18.9 Å². The molecule has 334 valence electrons. The SMILES string of the molecule is COc1cc2c(cc1OCCP(=O)(CCOc1cc3c(cc1OC)C(=O)C1C[C@@H](F)C[C@H]1N3)N(C)CCCN(C)C(=O)CCCN1C(=O)C=CC1=O)N=C[C@@H]1C[C@H](F)CC1C2=O. The van der Waals surface area contributed by atoms with Crippen molar-refractivity contribution in [1.29, 1.82) is 0 Å². The lowest BCUT2D eigenvalue weighted by Crippen LogP contribution is -2.35. The molecule has 2 fully saturated rings. The van der Waals surface area contributed by atoms with E-state index in [1.54, 1.807) is 54.1 Å². The molecule has 7 rings (SSSR count). The summed E-state index contributed by atoms with van der Waals surface area (Å²) in [5.41, 5.74) is 1.66. The Labute approximate surface area is 359 Å². The molecule has 0 bridgehead atoms. The van der Waals surface area contributed by atoms with Crippen molar-refractivity contribution in [2.45, 2.75) is 63.3 Å². The third kappa shape index (κ3) is 9.58. The summed E-state index contributed by atoms with van der Waals surface area (Å²) in [6, 6.07) is 6.12. The number of fused-ring (bicyclic) bond motifs is 4. The standard InChI is InChI=1S/C44H54F2N5O10P/c1-49(40(52)7-5-12-51-41(53)8-9-42(51)54)10-6-11-50(2)62(57,16-14-61-39-24-35-32(22-37(39)59-4)44(56)30-19-28(46)20-34(30)48-35)15-13-60-38-23-33-31(21-36(38)58-3)43(55)29-18-27(45)17-26(29)25-47-33/h8-9,21-30,34,48H,5-7,10-20H2,1-4H3/t26-,27-,28+,29?,30?,34+,62?/m0/s1. The van der Waals surface area contributed by atoms with E-state index in [1.807, 2.05) is 0 Å². The molecule has 3 heterocycles. The Morgan fingerprint density at radius 1 is 0.806 bits per heavy atom. The molecule has 2 aromatic rings. The molecule has 15 nitrogen and oxygen atoms in total. The number of halogens is 2. The summed E-state index contributed by atoms with van der Waals surface area (Å²) in [7, 11) is 3.04. The lowest BCUT2D eigenvalue weighted by atomic mass is 9.88. The highest BCUT2D eigenvalue weighted by Crippen LogP contribution is 2.50. The van der Waals surface area contributed by atoms with E-state index in [2.05, 4.69) is 10.3 Å². The number of hydrogen-bond donors (Lipinski definition) is 1. The van der Waals surface area contributed by atoms with Crippen LogP contribution in [-0.4, -0.2) is 142 Å². The molecule has 3 unspecified atom stereocenters. The Bertz CT molecular complexity index is 2190. The number of Topliss-reactive ketones (excluding diaryl/α,β-unsaturated/α-hetero) is 2. The number of carbonyl (C=O) groups excluding carboxylic acids is 5. The minimum Gasteiger partial charge on any atom is -0.493 e. The van der Waals surface area contributed by atoms with Gasteiger partial charge in [0.1, 0.15) is 12.3 Å². The van der Waals surface area contributed by atoms with Crippen LogP contribution in [0.5, 0.6) is 23.0 Å². The van der Waals surface area contributed by atoms with E-state index in [1.165, 1.54) is 26.4 Å². The first kappa shape index (κ1) is 44.9. The second-order valence-electron chi connectivity index (χ2n) is 16.6. The Morgan fingerprint density at radius 3 is 2.10 bits per heavy atom. The zero-order valence-corrected chi connectivity index (χ0v) is 36.4. The highest BCUT2D eigenvalue weighted by molar-refractivity contribution is 7.61. The average molecular weight is 882 g/mol. The fraction of sp³-hybridized carbons (Fsp3) is 0.545. The monoisotopic (exact) mass is 881 g/mol. The number of methoxy groups -OCH3 is 2. The number of carbonyl (C=O) groups is 5. The van der Waals surface area contributed by atoms with Crippen LogP contribution in [0.15, 0.2) is 41.4 Å². The third-order valence-corrected chi connectivity index (χ3v) is 15.9. The molecular weight excluding hydrogens is 827 g/mol. The van der Waals surface area contributed by atoms with Gasteiger partial charge in [0.2, 0.25) is 5.91 Å². The molecule has 0 aromatic heterocycles. The van der Waals surface area contributed by atoms with Crippen molar-refractivity contribution in [3.63, 3.8) is 0 Å². The van der Waals surface area contributed by atoms with Crippen LogP contribution in [0, 0.1) is 17.8 Å². The highest BCUT2D eigenvalue weighted by Gasteiger charge is 2.44. The number of nitrogens with zero attached hydrogens (tertiary/aromatic N) is 4. The minimum atomic E-state index is -3.28. The second kappa shape index (κ2) is 19.1. The lowest BCUT2D eigenvalue weighted by molar-refractivity contribution is -0.138. The number of aliphatic imine (C=N–C) groups is 1. The quantitative estimate of drug-likeness (QED) is 0.131. The first-order valence-electron chi connectivity index (χ1n) is 21.1. The van der Waals surface area contributed by atoms with E-state index in [9.17, 15) is 37.3 Å². The van der Waals surface area contributed by atoms with Gasteiger partial charge in [-0.3, -0.25) is 38.5 Å². The Hall–Kier alpha value is -5.15. The molecule has 2 aromatic carbocycles. The van der Waals surface area contributed by atoms with Crippen LogP contribution in [0.2, 0.25) is 0 Å². The number of ether oxygens (including phenoxy) is 4. The summed E-state index contributed by atoms with van der Waals surface area (Å²) < 4.78 is 68.8. The third-order valence-electron chi connectivity index (χ3n) is 12.7. The molecule has 0 saturated heterocycles. The van der Waals surface area contributed by atoms with E-state index in [4.69, 9.17) is 18.9 Å².